The molecular formula is C7H8N2O5S. The molecule has 7 nitrogen and oxygen atoms in total. The van der Waals surface area contributed by atoms with Crippen LogP contribution in [-0.4, -0.2) is 24.6 Å². The predicted molar refractivity (Wildman–Crippen MR) is 51.8 cm³/mol. The molecule has 0 aromatic heterocycles. The van der Waals surface area contributed by atoms with Gasteiger partial charge in [0.15, 0.2) is 0 Å². The van der Waals surface area contributed by atoms with Crippen molar-refractivity contribution >= 4 is 21.9 Å². The summed E-state index contributed by atoms with van der Waals surface area (Å²) in [6.45, 7) is 0. The van der Waals surface area contributed by atoms with Crippen molar-refractivity contribution in [2.24, 2.45) is 5.14 Å². The smallest absolute Gasteiger partial charge is 0.335 e. The predicted octanol–water partition coefficient (Wildman–Crippen LogP) is -0.294. The number of nitrogens with two attached hydrogens (primary N) is 1. The number of phenols is 1. The van der Waals surface area contributed by atoms with Gasteiger partial charge >= 0.3 is 5.97 Å². The topological polar surface area (TPSA) is 130 Å². The third-order valence-corrected chi connectivity index (χ3v) is 2.00. The molecule has 0 heterocycles. The third kappa shape index (κ3) is 3.11. The summed E-state index contributed by atoms with van der Waals surface area (Å²) in [5, 5.41) is 22.5. The lowest BCUT2D eigenvalue weighted by molar-refractivity contribution is 0.0696. The van der Waals surface area contributed by atoms with Gasteiger partial charge in [0, 0.05) is 0 Å². The zero-order valence-electron chi connectivity index (χ0n) is 7.34. The molecule has 0 aliphatic rings. The zero-order valence-corrected chi connectivity index (χ0v) is 8.15. The van der Waals surface area contributed by atoms with Crippen LogP contribution in [0.4, 0.5) is 5.69 Å². The van der Waals surface area contributed by atoms with E-state index < -0.39 is 21.9 Å². The summed E-state index contributed by atoms with van der Waals surface area (Å²) in [7, 11) is -3.99. The van der Waals surface area contributed by atoms with Crippen molar-refractivity contribution in [3.8, 4) is 5.75 Å². The minimum absolute atomic E-state index is 0.160. The minimum atomic E-state index is -3.99. The molecule has 0 spiro atoms. The Bertz CT molecular complexity index is 496. The Morgan fingerprint density at radius 1 is 1.40 bits per heavy atom. The molecule has 0 aliphatic carbocycles. The van der Waals surface area contributed by atoms with Gasteiger partial charge < -0.3 is 10.2 Å². The fraction of sp³-hybridized carbons (Fsp3) is 0. The van der Waals surface area contributed by atoms with Crippen molar-refractivity contribution in [2.45, 2.75) is 0 Å². The van der Waals surface area contributed by atoms with Crippen molar-refractivity contribution in [1.82, 2.24) is 0 Å². The number of rotatable bonds is 3. The highest BCUT2D eigenvalue weighted by Gasteiger charge is 2.10. The van der Waals surface area contributed by atoms with E-state index >= 15 is 0 Å². The second-order valence-corrected chi connectivity index (χ2v) is 3.98. The zero-order chi connectivity index (χ0) is 11.6. The highest BCUT2D eigenvalue weighted by Crippen LogP contribution is 2.24. The molecule has 1 aromatic rings. The summed E-state index contributed by atoms with van der Waals surface area (Å²) < 4.78 is 23.0. The van der Waals surface area contributed by atoms with Crippen LogP contribution in [0.1, 0.15) is 10.4 Å². The van der Waals surface area contributed by atoms with Crippen LogP contribution in [0.3, 0.4) is 0 Å². The van der Waals surface area contributed by atoms with E-state index in [0.29, 0.717) is 0 Å². The molecule has 0 amide bonds. The summed E-state index contributed by atoms with van der Waals surface area (Å²) in [4.78, 5) is 10.5. The van der Waals surface area contributed by atoms with Crippen LogP contribution in [0.15, 0.2) is 18.2 Å². The molecule has 0 aliphatic heterocycles. The van der Waals surface area contributed by atoms with Gasteiger partial charge in [-0.1, -0.05) is 0 Å². The number of hydrogen-bond acceptors (Lipinski definition) is 4. The maximum Gasteiger partial charge on any atom is 0.335 e. The van der Waals surface area contributed by atoms with E-state index in [1.54, 1.807) is 0 Å². The number of aromatic hydroxyl groups is 1. The number of benzene rings is 1. The van der Waals surface area contributed by atoms with Gasteiger partial charge in [-0.3, -0.25) is 4.72 Å². The summed E-state index contributed by atoms with van der Waals surface area (Å²) in [6, 6.07) is 3.15. The lowest BCUT2D eigenvalue weighted by atomic mass is 10.2. The van der Waals surface area contributed by atoms with Crippen LogP contribution in [0.25, 0.3) is 0 Å². The molecule has 8 heteroatoms. The Morgan fingerprint density at radius 2 is 2.00 bits per heavy atom. The summed E-state index contributed by atoms with van der Waals surface area (Å²) in [6.07, 6.45) is 0. The molecule has 0 saturated heterocycles. The van der Waals surface area contributed by atoms with Crippen LogP contribution in [0.5, 0.6) is 5.75 Å². The molecule has 0 bridgehead atoms. The number of anilines is 1. The molecule has 5 N–H and O–H groups in total. The van der Waals surface area contributed by atoms with Gasteiger partial charge in [-0.25, -0.2) is 9.93 Å². The van der Waals surface area contributed by atoms with E-state index in [2.05, 4.69) is 5.14 Å². The third-order valence-electron chi connectivity index (χ3n) is 1.50. The quantitative estimate of drug-likeness (QED) is 0.532. The maximum absolute atomic E-state index is 10.6. The first-order chi connectivity index (χ1) is 6.79. The summed E-state index contributed by atoms with van der Waals surface area (Å²) in [5.74, 6) is -1.74. The van der Waals surface area contributed by atoms with Crippen molar-refractivity contribution in [2.75, 3.05) is 4.72 Å². The fourth-order valence-electron chi connectivity index (χ4n) is 0.904. The number of carboxylic acid groups (broad SMARTS) is 1. The van der Waals surface area contributed by atoms with Crippen molar-refractivity contribution < 1.29 is 23.4 Å². The molecule has 1 rings (SSSR count). The standard InChI is InChI=1S/C7H8N2O5S/c8-15(13,14)9-5-2-1-4(7(11)12)3-6(5)10/h1-3,9-10H,(H,11,12)(H2,8,13,14). The van der Waals surface area contributed by atoms with E-state index in [0.717, 1.165) is 18.2 Å². The lowest BCUT2D eigenvalue weighted by Crippen LogP contribution is -2.21. The first-order valence-corrected chi connectivity index (χ1v) is 5.21. The van der Waals surface area contributed by atoms with Gasteiger partial charge in [0.1, 0.15) is 5.75 Å². The summed E-state index contributed by atoms with van der Waals surface area (Å²) in [5.41, 5.74) is -0.338. The molecule has 0 saturated carbocycles. The number of hydrogen-bond donors (Lipinski definition) is 4. The van der Waals surface area contributed by atoms with E-state index in [4.69, 9.17) is 5.11 Å². The van der Waals surface area contributed by atoms with Crippen LogP contribution in [-0.2, 0) is 10.2 Å². The molecule has 0 atom stereocenters. The SMILES string of the molecule is NS(=O)(=O)Nc1ccc(C(=O)O)cc1O. The second-order valence-electron chi connectivity index (χ2n) is 2.68. The monoisotopic (exact) mass is 232 g/mol. The Hall–Kier alpha value is -1.80. The number of aromatic carboxylic acids is 1. The van der Waals surface area contributed by atoms with Crippen molar-refractivity contribution in [3.05, 3.63) is 23.8 Å². The van der Waals surface area contributed by atoms with Crippen LogP contribution in [0, 0.1) is 0 Å². The number of phenolic OH excluding ortho intramolecular Hbond substituents is 1. The second kappa shape index (κ2) is 3.75. The van der Waals surface area contributed by atoms with Gasteiger partial charge in [-0.2, -0.15) is 8.42 Å². The normalized spacial score (nSPS) is 11.0. The van der Waals surface area contributed by atoms with Crippen LogP contribution in [0.2, 0.25) is 0 Å². The lowest BCUT2D eigenvalue weighted by Gasteiger charge is -2.06. The van der Waals surface area contributed by atoms with E-state index in [1.807, 2.05) is 4.72 Å². The summed E-state index contributed by atoms with van der Waals surface area (Å²) >= 11 is 0. The Morgan fingerprint density at radius 3 is 2.40 bits per heavy atom. The molecule has 0 fully saturated rings. The highest BCUT2D eigenvalue weighted by molar-refractivity contribution is 7.90. The van der Waals surface area contributed by atoms with Crippen LogP contribution < -0.4 is 9.86 Å². The average molecular weight is 232 g/mol. The average Bonchev–Trinajstić information content (AvgIpc) is 2.05. The van der Waals surface area contributed by atoms with Gasteiger partial charge in [-0.05, 0) is 18.2 Å². The Labute approximate surface area is 85.3 Å². The highest BCUT2D eigenvalue weighted by atomic mass is 32.2. The molecular weight excluding hydrogens is 224 g/mol. The van der Waals surface area contributed by atoms with E-state index in [1.165, 1.54) is 0 Å². The first-order valence-electron chi connectivity index (χ1n) is 3.66. The van der Waals surface area contributed by atoms with Crippen molar-refractivity contribution in [1.29, 1.82) is 0 Å². The van der Waals surface area contributed by atoms with Crippen LogP contribution >= 0.6 is 0 Å². The minimum Gasteiger partial charge on any atom is -0.506 e. The van der Waals surface area contributed by atoms with Gasteiger partial charge in [0.25, 0.3) is 10.2 Å². The molecule has 82 valence electrons. The molecule has 0 radical (unpaired) electrons. The largest absolute Gasteiger partial charge is 0.506 e. The van der Waals surface area contributed by atoms with Crippen molar-refractivity contribution in [3.63, 3.8) is 0 Å². The molecule has 0 unspecified atom stereocenters. The Kier molecular flexibility index (Phi) is 2.82. The molecule has 1 aromatic carbocycles. The number of carboxylic acids is 1. The Balaban J connectivity index is 3.09. The molecule has 15 heavy (non-hydrogen) atoms. The van der Waals surface area contributed by atoms with Gasteiger partial charge in [-0.15, -0.1) is 0 Å². The van der Waals surface area contributed by atoms with Gasteiger partial charge in [0.2, 0.25) is 0 Å². The number of nitrogens with one attached hydrogen (secondary N) is 1. The maximum atomic E-state index is 10.6. The van der Waals surface area contributed by atoms with E-state index in [9.17, 15) is 18.3 Å². The van der Waals surface area contributed by atoms with E-state index in [-0.39, 0.29) is 11.3 Å². The van der Waals surface area contributed by atoms with Gasteiger partial charge in [0.05, 0.1) is 11.3 Å². The number of carbonyl (C=O) groups is 1. The first kappa shape index (κ1) is 11.3. The fourth-order valence-corrected chi connectivity index (χ4v) is 1.38.